The van der Waals surface area contributed by atoms with Crippen LogP contribution in [0.25, 0.3) is 33.7 Å². The van der Waals surface area contributed by atoms with Crippen LogP contribution in [0.15, 0.2) is 78.0 Å². The van der Waals surface area contributed by atoms with Crippen molar-refractivity contribution in [3.05, 3.63) is 99.8 Å². The number of anilines is 1. The molecule has 0 atom stereocenters. The standard InChI is InChI=1S/C26H19ClN6O2/c1-15-10-17(11-20(27)30-15)23-22(16-6-3-2-4-7-16)33-26-24(32-23)25(35)18(13-29-26)12-21(34)31-19-8-5-9-28-14-19/h2-11,13-14H,12H2,1H3,(H,31,34)(H,29,33,35). The summed E-state index contributed by atoms with van der Waals surface area (Å²) >= 11 is 6.22. The third-order valence-electron chi connectivity index (χ3n) is 5.32. The van der Waals surface area contributed by atoms with Crippen LogP contribution in [-0.2, 0) is 11.2 Å². The molecule has 1 aromatic carbocycles. The van der Waals surface area contributed by atoms with Crippen LogP contribution in [0.3, 0.4) is 0 Å². The van der Waals surface area contributed by atoms with E-state index in [1.807, 2.05) is 43.3 Å². The van der Waals surface area contributed by atoms with Crippen molar-refractivity contribution in [3.63, 3.8) is 0 Å². The maximum Gasteiger partial charge on any atom is 0.229 e. The van der Waals surface area contributed by atoms with Crippen LogP contribution in [-0.4, -0.2) is 30.8 Å². The van der Waals surface area contributed by atoms with Crippen LogP contribution in [0.2, 0.25) is 5.15 Å². The Balaban J connectivity index is 1.62. The highest BCUT2D eigenvalue weighted by molar-refractivity contribution is 6.29. The number of H-pyrrole nitrogens is 1. The molecule has 0 fully saturated rings. The molecular formula is C26H19ClN6O2. The van der Waals surface area contributed by atoms with Gasteiger partial charge in [-0.15, -0.1) is 0 Å². The Kier molecular flexibility index (Phi) is 6.03. The monoisotopic (exact) mass is 482 g/mol. The zero-order valence-electron chi connectivity index (χ0n) is 18.6. The number of rotatable bonds is 5. The van der Waals surface area contributed by atoms with Crippen LogP contribution in [0.1, 0.15) is 11.3 Å². The lowest BCUT2D eigenvalue weighted by Gasteiger charge is -2.12. The van der Waals surface area contributed by atoms with Gasteiger partial charge in [-0.3, -0.25) is 14.6 Å². The Hall–Kier alpha value is -4.43. The summed E-state index contributed by atoms with van der Waals surface area (Å²) < 4.78 is 0. The third kappa shape index (κ3) is 4.78. The van der Waals surface area contributed by atoms with Crippen LogP contribution in [0.5, 0.6) is 0 Å². The zero-order chi connectivity index (χ0) is 24.4. The molecule has 9 heteroatoms. The largest absolute Gasteiger partial charge is 0.344 e. The number of aromatic amines is 1. The summed E-state index contributed by atoms with van der Waals surface area (Å²) in [5.74, 6) is -0.339. The van der Waals surface area contributed by atoms with E-state index in [9.17, 15) is 9.59 Å². The molecule has 0 unspecified atom stereocenters. The predicted molar refractivity (Wildman–Crippen MR) is 135 cm³/mol. The number of hydrogen-bond acceptors (Lipinski definition) is 6. The van der Waals surface area contributed by atoms with Crippen molar-refractivity contribution >= 4 is 34.4 Å². The number of fused-ring (bicyclic) bond motifs is 1. The number of amides is 1. The van der Waals surface area contributed by atoms with E-state index in [0.717, 1.165) is 5.56 Å². The highest BCUT2D eigenvalue weighted by atomic mass is 35.5. The highest BCUT2D eigenvalue weighted by Gasteiger charge is 2.18. The topological polar surface area (TPSA) is 114 Å². The van der Waals surface area contributed by atoms with Gasteiger partial charge in [-0.05, 0) is 31.2 Å². The predicted octanol–water partition coefficient (Wildman–Crippen LogP) is 4.59. The van der Waals surface area contributed by atoms with E-state index in [4.69, 9.17) is 21.6 Å². The molecule has 4 heterocycles. The number of benzene rings is 1. The summed E-state index contributed by atoms with van der Waals surface area (Å²) in [6, 6.07) is 16.5. The van der Waals surface area contributed by atoms with Crippen LogP contribution in [0.4, 0.5) is 5.69 Å². The second-order valence-electron chi connectivity index (χ2n) is 7.91. The number of carbonyl (C=O) groups is 1. The first-order valence-corrected chi connectivity index (χ1v) is 11.2. The van der Waals surface area contributed by atoms with E-state index in [-0.39, 0.29) is 28.8 Å². The van der Waals surface area contributed by atoms with Gasteiger partial charge >= 0.3 is 0 Å². The minimum atomic E-state index is -0.370. The number of halogens is 1. The van der Waals surface area contributed by atoms with Crippen molar-refractivity contribution in [2.24, 2.45) is 0 Å². The molecule has 8 nitrogen and oxygen atoms in total. The molecule has 35 heavy (non-hydrogen) atoms. The fourth-order valence-electron chi connectivity index (χ4n) is 3.78. The van der Waals surface area contributed by atoms with Gasteiger partial charge in [-0.25, -0.2) is 15.0 Å². The van der Waals surface area contributed by atoms with Gasteiger partial charge in [0.1, 0.15) is 5.15 Å². The van der Waals surface area contributed by atoms with Crippen molar-refractivity contribution in [3.8, 4) is 22.5 Å². The van der Waals surface area contributed by atoms with Crippen molar-refractivity contribution in [2.45, 2.75) is 13.3 Å². The van der Waals surface area contributed by atoms with Crippen molar-refractivity contribution in [1.29, 1.82) is 0 Å². The van der Waals surface area contributed by atoms with E-state index in [1.165, 1.54) is 12.4 Å². The van der Waals surface area contributed by atoms with Gasteiger partial charge in [0.25, 0.3) is 0 Å². The number of pyridine rings is 3. The smallest absolute Gasteiger partial charge is 0.229 e. The quantitative estimate of drug-likeness (QED) is 0.354. The Bertz CT molecular complexity index is 1580. The molecule has 0 bridgehead atoms. The Morgan fingerprint density at radius 1 is 1.00 bits per heavy atom. The summed E-state index contributed by atoms with van der Waals surface area (Å²) in [6.45, 7) is 1.83. The van der Waals surface area contributed by atoms with Gasteiger partial charge in [0.2, 0.25) is 11.3 Å². The second kappa shape index (κ2) is 9.44. The number of hydrogen-bond donors (Lipinski definition) is 2. The van der Waals surface area contributed by atoms with Crippen LogP contribution >= 0.6 is 11.6 Å². The summed E-state index contributed by atoms with van der Waals surface area (Å²) in [7, 11) is 0. The van der Waals surface area contributed by atoms with Gasteiger partial charge < -0.3 is 10.3 Å². The molecule has 4 aromatic heterocycles. The molecule has 0 aliphatic carbocycles. The Labute approximate surface area is 205 Å². The summed E-state index contributed by atoms with van der Waals surface area (Å²) in [6.07, 6.45) is 4.52. The highest BCUT2D eigenvalue weighted by Crippen LogP contribution is 2.31. The van der Waals surface area contributed by atoms with E-state index < -0.39 is 0 Å². The molecule has 1 amide bonds. The maximum atomic E-state index is 13.3. The normalized spacial score (nSPS) is 10.9. The maximum absolute atomic E-state index is 13.3. The lowest BCUT2D eigenvalue weighted by atomic mass is 10.0. The molecule has 5 rings (SSSR count). The number of carbonyl (C=O) groups excluding carboxylic acids is 1. The van der Waals surface area contributed by atoms with Gasteiger partial charge in [0, 0.05) is 34.8 Å². The molecule has 0 aliphatic rings. The third-order valence-corrected chi connectivity index (χ3v) is 5.52. The first-order chi connectivity index (χ1) is 17.0. The Morgan fingerprint density at radius 3 is 2.54 bits per heavy atom. The van der Waals surface area contributed by atoms with Crippen molar-refractivity contribution in [2.75, 3.05) is 5.32 Å². The Morgan fingerprint density at radius 2 is 1.80 bits per heavy atom. The fraction of sp³-hybridized carbons (Fsp3) is 0.0769. The molecule has 0 saturated carbocycles. The van der Waals surface area contributed by atoms with E-state index >= 15 is 0 Å². The molecule has 2 N–H and O–H groups in total. The van der Waals surface area contributed by atoms with Gasteiger partial charge in [0.15, 0.2) is 11.2 Å². The van der Waals surface area contributed by atoms with E-state index in [2.05, 4.69) is 20.3 Å². The molecule has 5 aromatic rings. The molecule has 0 radical (unpaired) electrons. The number of aryl methyl sites for hydroxylation is 1. The lowest BCUT2D eigenvalue weighted by molar-refractivity contribution is -0.115. The summed E-state index contributed by atoms with van der Waals surface area (Å²) in [5, 5.41) is 3.05. The number of nitrogens with zero attached hydrogens (tertiary/aromatic N) is 4. The molecule has 172 valence electrons. The molecular weight excluding hydrogens is 464 g/mol. The fourth-order valence-corrected chi connectivity index (χ4v) is 4.03. The van der Waals surface area contributed by atoms with Gasteiger partial charge in [-0.2, -0.15) is 0 Å². The number of nitrogens with one attached hydrogen (secondary N) is 2. The van der Waals surface area contributed by atoms with Crippen LogP contribution in [0, 0.1) is 6.92 Å². The first kappa shape index (κ1) is 22.4. The van der Waals surface area contributed by atoms with Crippen LogP contribution < -0.4 is 10.7 Å². The van der Waals surface area contributed by atoms with Crippen molar-refractivity contribution < 1.29 is 4.79 Å². The van der Waals surface area contributed by atoms with Gasteiger partial charge in [0.05, 0.1) is 29.7 Å². The molecule has 0 saturated heterocycles. The number of aromatic nitrogens is 5. The van der Waals surface area contributed by atoms with Crippen molar-refractivity contribution in [1.82, 2.24) is 24.9 Å². The van der Waals surface area contributed by atoms with E-state index in [0.29, 0.717) is 39.1 Å². The summed E-state index contributed by atoms with van der Waals surface area (Å²) in [4.78, 5) is 46.5. The minimum Gasteiger partial charge on any atom is -0.344 e. The van der Waals surface area contributed by atoms with Gasteiger partial charge in [-0.1, -0.05) is 41.9 Å². The lowest BCUT2D eigenvalue weighted by Crippen LogP contribution is -2.21. The zero-order valence-corrected chi connectivity index (χ0v) is 19.4. The average Bonchev–Trinajstić information content (AvgIpc) is 2.86. The average molecular weight is 483 g/mol. The SMILES string of the molecule is Cc1cc(-c2nc3c(=O)c(CC(=O)Nc4cccnc4)c[nH]c3nc2-c2ccccc2)cc(Cl)n1. The molecule has 0 aliphatic heterocycles. The molecule has 0 spiro atoms. The summed E-state index contributed by atoms with van der Waals surface area (Å²) in [5.41, 5.74) is 4.25. The minimum absolute atomic E-state index is 0.127. The first-order valence-electron chi connectivity index (χ1n) is 10.8. The van der Waals surface area contributed by atoms with E-state index in [1.54, 1.807) is 24.4 Å². The second-order valence-corrected chi connectivity index (χ2v) is 8.30.